The molecule has 154 valence electrons. The van der Waals surface area contributed by atoms with Crippen molar-refractivity contribution >= 4 is 29.1 Å². The topological polar surface area (TPSA) is 69.4 Å². The summed E-state index contributed by atoms with van der Waals surface area (Å²) in [7, 11) is 1.25. The molecule has 0 fully saturated rings. The fourth-order valence-corrected chi connectivity index (χ4v) is 3.14. The molecule has 0 atom stereocenters. The Morgan fingerprint density at radius 1 is 1.32 bits per heavy atom. The van der Waals surface area contributed by atoms with Gasteiger partial charge in [-0.05, 0) is 13.8 Å². The van der Waals surface area contributed by atoms with Crippen LogP contribution < -0.4 is 10.3 Å². The standard InChI is InChI=1S/C16H17Cl2F3N4O3/c1-4-24(5-2)10(26)7-25-13(9(19)6-8(17)14(25)27)12-11(18)15(23(3)22-12)28-16(20)21/h6,16H,4-5,7H2,1-3H3. The first kappa shape index (κ1) is 22.1. The lowest BCUT2D eigenvalue weighted by Gasteiger charge is -2.20. The van der Waals surface area contributed by atoms with Crippen LogP contribution in [0.4, 0.5) is 13.2 Å². The number of nitrogens with zero attached hydrogens (tertiary/aromatic N) is 4. The van der Waals surface area contributed by atoms with Crippen molar-refractivity contribution in [3.8, 4) is 17.3 Å². The Balaban J connectivity index is 2.67. The first-order valence-electron chi connectivity index (χ1n) is 8.16. The molecule has 0 spiro atoms. The number of aryl methyl sites for hydroxylation is 1. The molecule has 0 unspecified atom stereocenters. The minimum atomic E-state index is -3.19. The molecule has 0 aromatic carbocycles. The zero-order chi connectivity index (χ0) is 21.2. The highest BCUT2D eigenvalue weighted by Gasteiger charge is 2.27. The molecule has 1 amide bonds. The molecule has 0 saturated carbocycles. The number of ether oxygens (including phenoxy) is 1. The fraction of sp³-hybridized carbons (Fsp3) is 0.438. The van der Waals surface area contributed by atoms with Gasteiger partial charge in [0, 0.05) is 26.2 Å². The summed E-state index contributed by atoms with van der Waals surface area (Å²) in [6, 6.07) is 0.746. The maximum absolute atomic E-state index is 14.7. The number of carbonyl (C=O) groups is 1. The van der Waals surface area contributed by atoms with Gasteiger partial charge in [-0.2, -0.15) is 13.9 Å². The van der Waals surface area contributed by atoms with E-state index in [4.69, 9.17) is 23.2 Å². The fourth-order valence-electron chi connectivity index (χ4n) is 2.65. The number of amides is 1. The molecule has 0 aliphatic heterocycles. The van der Waals surface area contributed by atoms with Crippen molar-refractivity contribution < 1.29 is 22.7 Å². The number of hydrogen-bond donors (Lipinski definition) is 0. The van der Waals surface area contributed by atoms with Gasteiger partial charge in [-0.1, -0.05) is 23.2 Å². The minimum absolute atomic E-state index is 0.335. The molecule has 2 aromatic rings. The van der Waals surface area contributed by atoms with Crippen LogP contribution in [-0.4, -0.2) is 44.9 Å². The first-order chi connectivity index (χ1) is 13.1. The lowest BCUT2D eigenvalue weighted by Crippen LogP contribution is -2.37. The number of hydrogen-bond acceptors (Lipinski definition) is 4. The summed E-state index contributed by atoms with van der Waals surface area (Å²) in [5.74, 6) is -1.98. The normalized spacial score (nSPS) is 11.2. The molecule has 0 aliphatic carbocycles. The second-order valence-electron chi connectivity index (χ2n) is 5.62. The van der Waals surface area contributed by atoms with Gasteiger partial charge in [0.05, 0.1) is 0 Å². The van der Waals surface area contributed by atoms with Gasteiger partial charge in [0.15, 0.2) is 5.82 Å². The summed E-state index contributed by atoms with van der Waals surface area (Å²) in [5, 5.41) is 2.99. The van der Waals surface area contributed by atoms with E-state index < -0.39 is 52.1 Å². The highest BCUT2D eigenvalue weighted by Crippen LogP contribution is 2.36. The van der Waals surface area contributed by atoms with Crippen molar-refractivity contribution in [3.05, 3.63) is 32.3 Å². The molecule has 2 rings (SSSR count). The SMILES string of the molecule is CCN(CC)C(=O)Cn1c(-c2nn(C)c(OC(F)F)c2Cl)c(F)cc(Cl)c1=O. The van der Waals surface area contributed by atoms with E-state index in [1.807, 2.05) is 0 Å². The van der Waals surface area contributed by atoms with Crippen molar-refractivity contribution in [2.45, 2.75) is 27.0 Å². The highest BCUT2D eigenvalue weighted by molar-refractivity contribution is 6.34. The molecule has 0 aliphatic rings. The molecule has 28 heavy (non-hydrogen) atoms. The summed E-state index contributed by atoms with van der Waals surface area (Å²) >= 11 is 11.8. The second-order valence-corrected chi connectivity index (χ2v) is 6.40. The van der Waals surface area contributed by atoms with Crippen LogP contribution in [0.2, 0.25) is 10.0 Å². The third kappa shape index (κ3) is 4.27. The lowest BCUT2D eigenvalue weighted by molar-refractivity contribution is -0.131. The van der Waals surface area contributed by atoms with Gasteiger partial charge in [-0.3, -0.25) is 14.2 Å². The van der Waals surface area contributed by atoms with Gasteiger partial charge >= 0.3 is 6.61 Å². The largest absolute Gasteiger partial charge is 0.416 e. The van der Waals surface area contributed by atoms with Crippen LogP contribution in [0.15, 0.2) is 10.9 Å². The molecule has 2 aromatic heterocycles. The van der Waals surface area contributed by atoms with Crippen molar-refractivity contribution in [1.29, 1.82) is 0 Å². The third-order valence-corrected chi connectivity index (χ3v) is 4.58. The van der Waals surface area contributed by atoms with Crippen LogP contribution >= 0.6 is 23.2 Å². The van der Waals surface area contributed by atoms with Gasteiger partial charge in [-0.15, -0.1) is 0 Å². The van der Waals surface area contributed by atoms with Gasteiger partial charge in [-0.25, -0.2) is 9.07 Å². The van der Waals surface area contributed by atoms with Crippen molar-refractivity contribution in [2.75, 3.05) is 13.1 Å². The number of likely N-dealkylation sites (N-methyl/N-ethyl adjacent to an activating group) is 1. The van der Waals surface area contributed by atoms with E-state index in [1.54, 1.807) is 13.8 Å². The summed E-state index contributed by atoms with van der Waals surface area (Å²) in [5.41, 5.74) is -1.64. The molecule has 12 heteroatoms. The quantitative estimate of drug-likeness (QED) is 0.662. The average Bonchev–Trinajstić information content (AvgIpc) is 2.88. The van der Waals surface area contributed by atoms with Crippen LogP contribution in [0.5, 0.6) is 5.88 Å². The number of halogens is 5. The second kappa shape index (κ2) is 8.87. The van der Waals surface area contributed by atoms with Crippen LogP contribution in [0.3, 0.4) is 0 Å². The maximum Gasteiger partial charge on any atom is 0.388 e. The van der Waals surface area contributed by atoms with E-state index in [2.05, 4.69) is 9.84 Å². The number of pyridine rings is 1. The molecule has 7 nitrogen and oxygen atoms in total. The van der Waals surface area contributed by atoms with E-state index in [0.717, 1.165) is 15.3 Å². The zero-order valence-electron chi connectivity index (χ0n) is 15.2. The average molecular weight is 441 g/mol. The van der Waals surface area contributed by atoms with E-state index >= 15 is 0 Å². The van der Waals surface area contributed by atoms with E-state index in [9.17, 15) is 22.8 Å². The molecule has 0 bridgehead atoms. The number of aromatic nitrogens is 3. The minimum Gasteiger partial charge on any atom is -0.416 e. The van der Waals surface area contributed by atoms with Gasteiger partial charge in [0.1, 0.15) is 28.0 Å². The van der Waals surface area contributed by atoms with Gasteiger partial charge in [0.2, 0.25) is 11.8 Å². The van der Waals surface area contributed by atoms with E-state index in [0.29, 0.717) is 13.1 Å². The van der Waals surface area contributed by atoms with E-state index in [-0.39, 0.29) is 5.69 Å². The Labute approximate surface area is 168 Å². The molecule has 2 heterocycles. The zero-order valence-corrected chi connectivity index (χ0v) is 16.7. The third-order valence-electron chi connectivity index (χ3n) is 3.97. The Morgan fingerprint density at radius 3 is 2.46 bits per heavy atom. The maximum atomic E-state index is 14.7. The van der Waals surface area contributed by atoms with Crippen molar-refractivity contribution in [1.82, 2.24) is 19.2 Å². The predicted octanol–water partition coefficient (Wildman–Crippen LogP) is 3.16. The highest BCUT2D eigenvalue weighted by atomic mass is 35.5. The molecular weight excluding hydrogens is 424 g/mol. The summed E-state index contributed by atoms with van der Waals surface area (Å²) in [6.45, 7) is 0.506. The molecular formula is C16H17Cl2F3N4O3. The summed E-state index contributed by atoms with van der Waals surface area (Å²) < 4.78 is 45.8. The number of rotatable bonds is 7. The van der Waals surface area contributed by atoms with Crippen LogP contribution in [0.25, 0.3) is 11.4 Å². The molecule has 0 saturated heterocycles. The molecule has 0 N–H and O–H groups in total. The first-order valence-corrected chi connectivity index (χ1v) is 8.92. The Bertz CT molecular complexity index is 942. The predicted molar refractivity (Wildman–Crippen MR) is 97.4 cm³/mol. The monoisotopic (exact) mass is 440 g/mol. The van der Waals surface area contributed by atoms with Crippen LogP contribution in [0, 0.1) is 5.82 Å². The van der Waals surface area contributed by atoms with Gasteiger partial charge in [0.25, 0.3) is 5.56 Å². The van der Waals surface area contributed by atoms with E-state index in [1.165, 1.54) is 11.9 Å². The lowest BCUT2D eigenvalue weighted by atomic mass is 10.2. The Kier molecular flexibility index (Phi) is 7.00. The van der Waals surface area contributed by atoms with Crippen molar-refractivity contribution in [3.63, 3.8) is 0 Å². The summed E-state index contributed by atoms with van der Waals surface area (Å²) in [6.07, 6.45) is 0. The van der Waals surface area contributed by atoms with Gasteiger partial charge < -0.3 is 9.64 Å². The Morgan fingerprint density at radius 2 is 1.93 bits per heavy atom. The number of carbonyl (C=O) groups excluding carboxylic acids is 1. The summed E-state index contributed by atoms with van der Waals surface area (Å²) in [4.78, 5) is 26.4. The Hall–Kier alpha value is -2.20. The molecule has 0 radical (unpaired) electrons. The van der Waals surface area contributed by atoms with Crippen LogP contribution in [0.1, 0.15) is 13.8 Å². The van der Waals surface area contributed by atoms with Crippen molar-refractivity contribution in [2.24, 2.45) is 7.05 Å². The number of alkyl halides is 2. The smallest absolute Gasteiger partial charge is 0.388 e. The van der Waals surface area contributed by atoms with Crippen LogP contribution in [-0.2, 0) is 18.4 Å².